The molecule has 2 N–H and O–H groups in total. The van der Waals surface area contributed by atoms with E-state index in [4.69, 9.17) is 21.6 Å². The van der Waals surface area contributed by atoms with Crippen LogP contribution in [-0.4, -0.2) is 29.4 Å². The van der Waals surface area contributed by atoms with Crippen LogP contribution in [0.4, 0.5) is 0 Å². The molecule has 0 aromatic heterocycles. The average molecular weight is 1170 g/mol. The van der Waals surface area contributed by atoms with E-state index in [1.807, 2.05) is 0 Å². The Morgan fingerprint density at radius 3 is 1.17 bits per heavy atom. The summed E-state index contributed by atoms with van der Waals surface area (Å²) in [4.78, 5) is 11.9. The van der Waals surface area contributed by atoms with E-state index in [-0.39, 0.29) is 7.43 Å². The van der Waals surface area contributed by atoms with Crippen LogP contribution in [0.2, 0.25) is 0 Å². The van der Waals surface area contributed by atoms with Crippen LogP contribution in [0.1, 0.15) is 0 Å². The summed E-state index contributed by atoms with van der Waals surface area (Å²) < 4.78 is 12.4. The summed E-state index contributed by atoms with van der Waals surface area (Å²) >= 11 is 0. The maximum absolute atomic E-state index is 8.18. The average Bonchev–Trinajstić information content (AvgIpc) is 2.62. The van der Waals surface area contributed by atoms with Gasteiger partial charge in [0.15, 0.2) is 0 Å². The van der Waals surface area contributed by atoms with Crippen molar-refractivity contribution in [3.63, 3.8) is 0 Å². The molecule has 0 aliphatic carbocycles. The minimum Gasteiger partial charge on any atom is -0.557 e. The molecule has 2 unspecified atom stereocenters. The molecule has 13 nitrogen and oxygen atoms in total. The van der Waals surface area contributed by atoms with Crippen LogP contribution < -0.4 is 0 Å². The van der Waals surface area contributed by atoms with Gasteiger partial charge in [0.2, 0.25) is 11.8 Å². The van der Waals surface area contributed by atoms with Gasteiger partial charge in [0, 0.05) is 9.82 Å². The van der Waals surface area contributed by atoms with Gasteiger partial charge in [0.1, 0.15) is 0 Å². The summed E-state index contributed by atoms with van der Waals surface area (Å²) in [5.41, 5.74) is 15.9. The van der Waals surface area contributed by atoms with E-state index >= 15 is 0 Å². The van der Waals surface area contributed by atoms with E-state index < -0.39 is 11.8 Å². The van der Waals surface area contributed by atoms with Crippen molar-refractivity contribution in [3.8, 4) is 23.7 Å². The number of hydrogen-bond acceptors (Lipinski definition) is 9. The van der Waals surface area contributed by atoms with Gasteiger partial charge < -0.3 is 21.6 Å². The van der Waals surface area contributed by atoms with E-state index in [0.717, 1.165) is 0 Å². The molecule has 0 heterocycles. The van der Waals surface area contributed by atoms with Crippen molar-refractivity contribution in [2.24, 2.45) is 10.2 Å². The molecule has 16 heteroatoms. The van der Waals surface area contributed by atoms with Crippen LogP contribution in [-0.2, 0) is 24.0 Å². The molecule has 0 bridgehead atoms. The molecular weight excluding hydrogens is 1150 g/mol. The minimum atomic E-state index is -2.09. The molecule has 29 heavy (non-hydrogen) atoms. The third-order valence-corrected chi connectivity index (χ3v) is 1.48. The Hall–Kier alpha value is -5.80. The number of azide groups is 2. The van der Waals surface area contributed by atoms with Gasteiger partial charge in [-0.3, -0.25) is 23.7 Å². The minimum absolute atomic E-state index is 0. The standard InChI is InChI=1S/2C5H5N3O3.C2H5O.CH3.3Rf/c2*1-3-4-5(10-2,11-9)7-8-6;1-3-2;;;;/h2*9H,1-2H2;1H2,2H3;1H3;;;/q2*-2;2*-1;;;. The number of hydrogen-bond donors (Lipinski definition) is 2. The largest absolute Gasteiger partial charge is 0.557 e. The zero-order valence-electron chi connectivity index (χ0n) is 16.3. The Kier molecular flexibility index (Phi) is 40.7. The quantitative estimate of drug-likeness (QED) is 0.0599. The van der Waals surface area contributed by atoms with Crippen molar-refractivity contribution < 1.29 is 34.5 Å². The predicted molar refractivity (Wildman–Crippen MR) is 89.1 cm³/mol. The third-order valence-electron chi connectivity index (χ3n) is 1.48. The molecule has 0 saturated heterocycles. The smallest absolute Gasteiger partial charge is 0.234 e. The Morgan fingerprint density at radius 1 is 0.828 bits per heavy atom. The van der Waals surface area contributed by atoms with E-state index in [1.54, 1.807) is 0 Å². The van der Waals surface area contributed by atoms with Gasteiger partial charge in [-0.1, -0.05) is 0 Å². The second kappa shape index (κ2) is 27.1. The van der Waals surface area contributed by atoms with E-state index in [1.165, 1.54) is 7.11 Å². The topological polar surface area (TPSA) is 184 Å². The second-order valence-corrected chi connectivity index (χ2v) is 2.91. The van der Waals surface area contributed by atoms with Crippen LogP contribution in [0, 0.1) is 66.3 Å². The van der Waals surface area contributed by atoms with E-state index in [0.29, 0.717) is 0 Å². The first kappa shape index (κ1) is 43.6. The van der Waals surface area contributed by atoms with Gasteiger partial charge in [-0.15, -0.1) is 0 Å². The summed E-state index contributed by atoms with van der Waals surface area (Å²) in [6, 6.07) is 0. The monoisotopic (exact) mass is 1170 g/mol. The summed E-state index contributed by atoms with van der Waals surface area (Å²) in [7, 11) is 10.3. The summed E-state index contributed by atoms with van der Waals surface area (Å²) in [5.74, 6) is 4.10. The number of ether oxygens (including phenoxy) is 3. The van der Waals surface area contributed by atoms with Crippen molar-refractivity contribution in [2.75, 3.05) is 7.11 Å². The van der Waals surface area contributed by atoms with E-state index in [2.05, 4.69) is 103 Å². The Morgan fingerprint density at radius 2 is 1.07 bits per heavy atom. The van der Waals surface area contributed by atoms with Gasteiger partial charge in [0.05, 0.1) is 0 Å². The molecule has 0 aliphatic heterocycles. The van der Waals surface area contributed by atoms with Crippen LogP contribution in [0.25, 0.3) is 20.9 Å². The van der Waals surface area contributed by atoms with Crippen molar-refractivity contribution in [2.45, 2.75) is 11.8 Å². The number of methoxy groups -OCH3 is 1. The number of rotatable bonds is 6. The molecule has 0 radical (unpaired) electrons. The normalized spacial score (nSPS) is 11.0. The molecule has 0 aromatic rings. The molecule has 154 valence electrons. The molecule has 0 fully saturated rings. The first-order chi connectivity index (χ1) is 11.9. The molecule has 2 atom stereocenters. The van der Waals surface area contributed by atoms with Crippen molar-refractivity contribution in [1.29, 1.82) is 0 Å². The van der Waals surface area contributed by atoms with Crippen LogP contribution in [0.5, 0.6) is 0 Å². The fourth-order valence-electron chi connectivity index (χ4n) is 0.656. The summed E-state index contributed by atoms with van der Waals surface area (Å²) in [6.07, 6.45) is 0. The van der Waals surface area contributed by atoms with Gasteiger partial charge in [-0.2, -0.15) is 13.8 Å². The molecule has 0 spiro atoms. The fraction of sp³-hybridized carbons (Fsp3) is 0.231. The summed E-state index contributed by atoms with van der Waals surface area (Å²) in [6.45, 7) is 6.21. The van der Waals surface area contributed by atoms with Crippen molar-refractivity contribution in [1.82, 2.24) is 0 Å². The van der Waals surface area contributed by atoms with Gasteiger partial charge in [0.25, 0.3) is 0 Å². The van der Waals surface area contributed by atoms with Crippen molar-refractivity contribution in [3.05, 3.63) is 63.5 Å². The van der Waals surface area contributed by atoms with Gasteiger partial charge >= 0.3 is 0 Å². The predicted octanol–water partition coefficient (Wildman–Crippen LogP) is 3.05. The number of nitrogens with zero attached hydrogens (tertiary/aromatic N) is 6. The molecule has 0 rings (SSSR count). The second-order valence-electron chi connectivity index (χ2n) is 2.91. The molecule has 0 aliphatic rings. The molecular formula is C13H18N6O7Rf3-6. The fourth-order valence-corrected chi connectivity index (χ4v) is 0.656. The molecule has 0 aromatic carbocycles. The third kappa shape index (κ3) is 18.4. The Bertz CT molecular complexity index is 521. The van der Waals surface area contributed by atoms with Gasteiger partial charge in [-0.05, 0) is 28.4 Å². The first-order valence-corrected chi connectivity index (χ1v) is 5.41. The molecule has 0 amide bonds. The first-order valence-electron chi connectivity index (χ1n) is 5.41. The Labute approximate surface area is 151 Å². The maximum atomic E-state index is 8.18. The molecule has 0 saturated carbocycles. The zero-order chi connectivity index (χ0) is 20.2. The van der Waals surface area contributed by atoms with Crippen LogP contribution in [0.15, 0.2) is 10.2 Å². The van der Waals surface area contributed by atoms with Crippen LogP contribution >= 0.6 is 0 Å². The van der Waals surface area contributed by atoms with Gasteiger partial charge in [-0.25, -0.2) is 41.6 Å². The SMILES string of the molecule is [CH2-]C#CC(N=[N+]=[N-])(O[CH2-])OO.[CH2-]C#CC(N=[N+]=[N-])(O[CH2-])OO.[CH2-]OC.[CH3-].[Rf].[Rf].[Rf]. The van der Waals surface area contributed by atoms with Crippen molar-refractivity contribution >= 4 is 0 Å². The van der Waals surface area contributed by atoms with E-state index in [9.17, 15) is 0 Å². The zero-order valence-corrected chi connectivity index (χ0v) is 35.5. The Balaban J connectivity index is -0.0000000523. The van der Waals surface area contributed by atoms with Crippen LogP contribution in [0.3, 0.4) is 0 Å². The maximum Gasteiger partial charge on any atom is 0.234 e. The summed E-state index contributed by atoms with van der Waals surface area (Å²) in [5, 5.41) is 22.1.